The lowest BCUT2D eigenvalue weighted by molar-refractivity contribution is -0.274. The van der Waals surface area contributed by atoms with Gasteiger partial charge >= 0.3 is 12.5 Å². The number of halogens is 7. The monoisotopic (exact) mass is 585 g/mol. The van der Waals surface area contributed by atoms with Crippen molar-refractivity contribution in [3.63, 3.8) is 0 Å². The van der Waals surface area contributed by atoms with E-state index in [0.717, 1.165) is 22.7 Å². The molecule has 15 heteroatoms. The number of alkyl halides is 3. The van der Waals surface area contributed by atoms with Crippen LogP contribution in [-0.2, 0) is 4.74 Å². The molecule has 2 aromatic heterocycles. The van der Waals surface area contributed by atoms with Crippen LogP contribution >= 0.6 is 0 Å². The molecule has 8 nitrogen and oxygen atoms in total. The van der Waals surface area contributed by atoms with Gasteiger partial charge in [0.2, 0.25) is 5.88 Å². The molecule has 2 heterocycles. The van der Waals surface area contributed by atoms with Crippen LogP contribution in [0.3, 0.4) is 0 Å². The standard InChI is InChI=1S/C26H18F7N3O5/c1-25(2,3)41-24(39)36(23(38)16-14-9-4-5-10-35(14)34-22(16)37)21-19(29)17(27)15(18(28)20(21)30)12-7-6-8-13(11-12)40-26(31,32)33/h4-11H,1-3H3,(H,34,37). The van der Waals surface area contributed by atoms with Crippen molar-refractivity contribution in [2.45, 2.75) is 32.7 Å². The van der Waals surface area contributed by atoms with Crippen LogP contribution in [0.15, 0.2) is 48.7 Å². The topological polar surface area (TPSA) is 93.4 Å². The highest BCUT2D eigenvalue weighted by Gasteiger charge is 2.40. The van der Waals surface area contributed by atoms with Crippen molar-refractivity contribution in [1.82, 2.24) is 9.61 Å². The van der Waals surface area contributed by atoms with E-state index in [0.29, 0.717) is 6.07 Å². The summed E-state index contributed by atoms with van der Waals surface area (Å²) in [6, 6.07) is 7.08. The summed E-state index contributed by atoms with van der Waals surface area (Å²) in [5.74, 6) is -12.5. The third-order valence-electron chi connectivity index (χ3n) is 5.33. The predicted molar refractivity (Wildman–Crippen MR) is 128 cm³/mol. The Morgan fingerprint density at radius 1 is 0.927 bits per heavy atom. The Morgan fingerprint density at radius 3 is 2.15 bits per heavy atom. The Balaban J connectivity index is 1.94. The molecule has 0 fully saturated rings. The maximum absolute atomic E-state index is 15.5. The van der Waals surface area contributed by atoms with Gasteiger partial charge < -0.3 is 14.6 Å². The van der Waals surface area contributed by atoms with E-state index in [1.165, 1.54) is 45.2 Å². The number of fused-ring (bicyclic) bond motifs is 1. The van der Waals surface area contributed by atoms with Crippen LogP contribution in [0.2, 0.25) is 0 Å². The van der Waals surface area contributed by atoms with Gasteiger partial charge in [-0.2, -0.15) is 0 Å². The number of aromatic hydroxyl groups is 1. The maximum atomic E-state index is 15.5. The highest BCUT2D eigenvalue weighted by molar-refractivity contribution is 6.22. The van der Waals surface area contributed by atoms with Crippen LogP contribution in [0.5, 0.6) is 11.6 Å². The summed E-state index contributed by atoms with van der Waals surface area (Å²) in [4.78, 5) is 26.3. The second-order valence-corrected chi connectivity index (χ2v) is 9.41. The van der Waals surface area contributed by atoms with Crippen LogP contribution in [0, 0.1) is 23.3 Å². The Labute approximate surface area is 226 Å². The van der Waals surface area contributed by atoms with E-state index in [9.17, 15) is 27.9 Å². The zero-order valence-electron chi connectivity index (χ0n) is 21.2. The van der Waals surface area contributed by atoms with Crippen molar-refractivity contribution in [3.8, 4) is 22.8 Å². The van der Waals surface area contributed by atoms with Gasteiger partial charge in [-0.1, -0.05) is 18.2 Å². The highest BCUT2D eigenvalue weighted by atomic mass is 19.4. The number of pyridine rings is 1. The van der Waals surface area contributed by atoms with Crippen molar-refractivity contribution >= 4 is 23.2 Å². The quantitative estimate of drug-likeness (QED) is 0.211. The van der Waals surface area contributed by atoms with Gasteiger partial charge in [0.05, 0.1) is 11.1 Å². The van der Waals surface area contributed by atoms with Crippen molar-refractivity contribution < 1.29 is 54.9 Å². The number of benzene rings is 2. The molecule has 4 aromatic rings. The van der Waals surface area contributed by atoms with E-state index in [1.807, 2.05) is 0 Å². The molecule has 2 amide bonds. The lowest BCUT2D eigenvalue weighted by Gasteiger charge is -2.27. The SMILES string of the molecule is CC(C)(C)OC(=O)N(C(=O)c1c(O)nn2ccccc12)c1c(F)c(F)c(-c2cccc(OC(F)(F)F)c2)c(F)c1F. The number of hydrogen-bond acceptors (Lipinski definition) is 6. The van der Waals surface area contributed by atoms with Gasteiger partial charge in [0.25, 0.3) is 5.91 Å². The van der Waals surface area contributed by atoms with Crippen LogP contribution in [0.25, 0.3) is 16.6 Å². The number of aromatic nitrogens is 2. The van der Waals surface area contributed by atoms with Gasteiger partial charge in [-0.3, -0.25) is 4.79 Å². The molecule has 216 valence electrons. The average Bonchev–Trinajstić information content (AvgIpc) is 3.19. The normalized spacial score (nSPS) is 12.0. The van der Waals surface area contributed by atoms with E-state index in [1.54, 1.807) is 0 Å². The Morgan fingerprint density at radius 2 is 1.56 bits per heavy atom. The van der Waals surface area contributed by atoms with Gasteiger partial charge in [-0.25, -0.2) is 31.8 Å². The molecule has 0 aliphatic heterocycles. The largest absolute Gasteiger partial charge is 0.573 e. The van der Waals surface area contributed by atoms with E-state index in [2.05, 4.69) is 9.84 Å². The fraction of sp³-hybridized carbons (Fsp3) is 0.192. The fourth-order valence-corrected chi connectivity index (χ4v) is 3.81. The molecule has 41 heavy (non-hydrogen) atoms. The van der Waals surface area contributed by atoms with Crippen LogP contribution < -0.4 is 9.64 Å². The summed E-state index contributed by atoms with van der Waals surface area (Å²) in [6.45, 7) is 3.98. The smallest absolute Gasteiger partial charge is 0.492 e. The number of hydrogen-bond donors (Lipinski definition) is 1. The number of carbonyl (C=O) groups is 2. The van der Waals surface area contributed by atoms with Crippen LogP contribution in [-0.4, -0.2) is 38.7 Å². The Hall–Kier alpha value is -4.82. The van der Waals surface area contributed by atoms with Crippen molar-refractivity contribution in [2.24, 2.45) is 0 Å². The van der Waals surface area contributed by atoms with Crippen molar-refractivity contribution in [3.05, 3.63) is 77.5 Å². The third-order valence-corrected chi connectivity index (χ3v) is 5.33. The summed E-state index contributed by atoms with van der Waals surface area (Å²) in [6.07, 6.45) is -5.68. The second kappa shape index (κ2) is 10.3. The minimum atomic E-state index is -5.19. The molecule has 2 aromatic carbocycles. The van der Waals surface area contributed by atoms with Gasteiger partial charge in [0.1, 0.15) is 22.6 Å². The highest BCUT2D eigenvalue weighted by Crippen LogP contribution is 2.39. The molecule has 0 unspecified atom stereocenters. The average molecular weight is 585 g/mol. The number of carbonyl (C=O) groups excluding carboxylic acids is 2. The molecule has 0 spiro atoms. The molecular weight excluding hydrogens is 567 g/mol. The van der Waals surface area contributed by atoms with Crippen molar-refractivity contribution in [2.75, 3.05) is 4.90 Å². The molecule has 0 saturated heterocycles. The Kier molecular flexibility index (Phi) is 7.33. The van der Waals surface area contributed by atoms with E-state index >= 15 is 17.6 Å². The van der Waals surface area contributed by atoms with Gasteiger partial charge in [-0.15, -0.1) is 18.3 Å². The first-order valence-corrected chi connectivity index (χ1v) is 11.5. The molecule has 1 N–H and O–H groups in total. The number of anilines is 1. The summed E-state index contributed by atoms with van der Waals surface area (Å²) in [7, 11) is 0. The van der Waals surface area contributed by atoms with Crippen LogP contribution in [0.1, 0.15) is 31.1 Å². The first-order chi connectivity index (χ1) is 19.0. The number of rotatable bonds is 4. The zero-order chi connectivity index (χ0) is 30.4. The second-order valence-electron chi connectivity index (χ2n) is 9.41. The van der Waals surface area contributed by atoms with Gasteiger partial charge in [-0.05, 0) is 50.6 Å². The zero-order valence-corrected chi connectivity index (χ0v) is 21.2. The molecule has 4 rings (SSSR count). The summed E-state index contributed by atoms with van der Waals surface area (Å²) in [5, 5.41) is 14.0. The number of nitrogens with zero attached hydrogens (tertiary/aromatic N) is 3. The van der Waals surface area contributed by atoms with E-state index in [4.69, 9.17) is 4.74 Å². The minimum absolute atomic E-state index is 0.150. The summed E-state index contributed by atoms with van der Waals surface area (Å²) >= 11 is 0. The lowest BCUT2D eigenvalue weighted by atomic mass is 10.0. The molecule has 0 aliphatic carbocycles. The number of amides is 2. The number of ether oxygens (including phenoxy) is 2. The van der Waals surface area contributed by atoms with Crippen LogP contribution in [0.4, 0.5) is 41.2 Å². The molecule has 0 saturated carbocycles. The summed E-state index contributed by atoms with van der Waals surface area (Å²) in [5.41, 5.74) is -6.36. The Bertz CT molecular complexity index is 1650. The molecule has 0 aliphatic rings. The van der Waals surface area contributed by atoms with E-state index < -0.39 is 81.2 Å². The molecule has 0 radical (unpaired) electrons. The predicted octanol–water partition coefficient (Wildman–Crippen LogP) is 6.74. The first-order valence-electron chi connectivity index (χ1n) is 11.5. The fourth-order valence-electron chi connectivity index (χ4n) is 3.81. The molecule has 0 bridgehead atoms. The number of imide groups is 1. The summed E-state index contributed by atoms with van der Waals surface area (Å²) < 4.78 is 109. The molecule has 0 atom stereocenters. The lowest BCUT2D eigenvalue weighted by Crippen LogP contribution is -2.42. The van der Waals surface area contributed by atoms with Crippen molar-refractivity contribution in [1.29, 1.82) is 0 Å². The molecular formula is C26H18F7N3O5. The third kappa shape index (κ3) is 5.73. The maximum Gasteiger partial charge on any atom is 0.573 e. The minimum Gasteiger partial charge on any atom is -0.492 e. The first kappa shape index (κ1) is 29.2. The van der Waals surface area contributed by atoms with Gasteiger partial charge in [0.15, 0.2) is 23.3 Å². The van der Waals surface area contributed by atoms with E-state index in [-0.39, 0.29) is 10.4 Å². The van der Waals surface area contributed by atoms with Gasteiger partial charge in [0, 0.05) is 6.20 Å².